The summed E-state index contributed by atoms with van der Waals surface area (Å²) in [6.45, 7) is 1.92. The number of hydrogen-bond acceptors (Lipinski definition) is 4. The minimum atomic E-state index is -0.299. The number of carbonyl (C=O) groups excluding carboxylic acids is 1. The lowest BCUT2D eigenvalue weighted by Crippen LogP contribution is -2.42. The Morgan fingerprint density at radius 2 is 2.12 bits per heavy atom. The number of nitrogens with two attached hydrogens (primary N) is 1. The predicted molar refractivity (Wildman–Crippen MR) is 67.2 cm³/mol. The molecule has 1 atom stereocenters. The van der Waals surface area contributed by atoms with Gasteiger partial charge in [-0.25, -0.2) is 4.79 Å². The topological polar surface area (TPSA) is 55.6 Å². The average Bonchev–Trinajstić information content (AvgIpc) is 2.38. The van der Waals surface area contributed by atoms with Crippen LogP contribution >= 0.6 is 0 Å². The summed E-state index contributed by atoms with van der Waals surface area (Å²) < 4.78 is 4.67. The van der Waals surface area contributed by atoms with Crippen LogP contribution in [0.25, 0.3) is 0 Å². The number of anilines is 1. The van der Waals surface area contributed by atoms with Gasteiger partial charge in [0.25, 0.3) is 0 Å². The molecule has 1 aromatic rings. The highest BCUT2D eigenvalue weighted by Gasteiger charge is 2.17. The summed E-state index contributed by atoms with van der Waals surface area (Å²) in [5.41, 5.74) is 7.65. The molecule has 1 aliphatic rings. The maximum absolute atomic E-state index is 11.3. The summed E-state index contributed by atoms with van der Waals surface area (Å²) in [6.07, 6.45) is 2.22. The molecular formula is C13H18N2O2. The van der Waals surface area contributed by atoms with Crippen LogP contribution in [0.15, 0.2) is 24.3 Å². The van der Waals surface area contributed by atoms with E-state index in [1.54, 1.807) is 12.1 Å². The van der Waals surface area contributed by atoms with Crippen molar-refractivity contribution in [1.29, 1.82) is 0 Å². The number of piperidine rings is 1. The van der Waals surface area contributed by atoms with Crippen LogP contribution < -0.4 is 10.6 Å². The first-order valence-corrected chi connectivity index (χ1v) is 5.89. The highest BCUT2D eigenvalue weighted by molar-refractivity contribution is 5.89. The zero-order valence-electron chi connectivity index (χ0n) is 10.1. The van der Waals surface area contributed by atoms with Crippen molar-refractivity contribution in [3.63, 3.8) is 0 Å². The van der Waals surface area contributed by atoms with E-state index in [2.05, 4.69) is 9.64 Å². The minimum Gasteiger partial charge on any atom is -0.465 e. The van der Waals surface area contributed by atoms with Gasteiger partial charge in [0.15, 0.2) is 0 Å². The van der Waals surface area contributed by atoms with Gasteiger partial charge in [-0.15, -0.1) is 0 Å². The third-order valence-electron chi connectivity index (χ3n) is 3.11. The van der Waals surface area contributed by atoms with Crippen LogP contribution in [0.2, 0.25) is 0 Å². The maximum atomic E-state index is 11.3. The van der Waals surface area contributed by atoms with E-state index in [-0.39, 0.29) is 12.0 Å². The standard InChI is InChI=1S/C13H18N2O2/c1-17-13(16)10-4-6-12(7-5-10)15-8-2-3-11(14)9-15/h4-7,11H,2-3,8-9,14H2,1H3/t11-/m0/s1. The molecule has 92 valence electrons. The van der Waals surface area contributed by atoms with E-state index in [9.17, 15) is 4.79 Å². The molecule has 0 aromatic heterocycles. The number of carbonyl (C=O) groups is 1. The van der Waals surface area contributed by atoms with Crippen molar-refractivity contribution >= 4 is 11.7 Å². The van der Waals surface area contributed by atoms with E-state index in [1.807, 2.05) is 12.1 Å². The normalized spacial score (nSPS) is 20.1. The zero-order valence-corrected chi connectivity index (χ0v) is 10.1. The van der Waals surface area contributed by atoms with Crippen molar-refractivity contribution in [2.75, 3.05) is 25.1 Å². The van der Waals surface area contributed by atoms with Gasteiger partial charge in [-0.1, -0.05) is 0 Å². The van der Waals surface area contributed by atoms with E-state index < -0.39 is 0 Å². The summed E-state index contributed by atoms with van der Waals surface area (Å²) in [5, 5.41) is 0. The number of rotatable bonds is 2. The molecule has 0 amide bonds. The van der Waals surface area contributed by atoms with Crippen LogP contribution in [0.5, 0.6) is 0 Å². The minimum absolute atomic E-state index is 0.254. The zero-order chi connectivity index (χ0) is 12.3. The fourth-order valence-electron chi connectivity index (χ4n) is 2.17. The van der Waals surface area contributed by atoms with Gasteiger partial charge in [-0.3, -0.25) is 0 Å². The highest BCUT2D eigenvalue weighted by Crippen LogP contribution is 2.20. The smallest absolute Gasteiger partial charge is 0.337 e. The van der Waals surface area contributed by atoms with E-state index in [1.165, 1.54) is 7.11 Å². The molecule has 0 bridgehead atoms. The van der Waals surface area contributed by atoms with Gasteiger partial charge < -0.3 is 15.4 Å². The summed E-state index contributed by atoms with van der Waals surface area (Å²) in [7, 11) is 1.39. The van der Waals surface area contributed by atoms with E-state index in [0.29, 0.717) is 5.56 Å². The molecule has 1 aliphatic heterocycles. The van der Waals surface area contributed by atoms with Crippen molar-refractivity contribution < 1.29 is 9.53 Å². The lowest BCUT2D eigenvalue weighted by molar-refractivity contribution is 0.0601. The molecule has 4 heteroatoms. The number of ether oxygens (including phenoxy) is 1. The van der Waals surface area contributed by atoms with Crippen LogP contribution in [-0.2, 0) is 4.74 Å². The summed E-state index contributed by atoms with van der Waals surface area (Å²) >= 11 is 0. The maximum Gasteiger partial charge on any atom is 0.337 e. The van der Waals surface area contributed by atoms with Gasteiger partial charge >= 0.3 is 5.97 Å². The summed E-state index contributed by atoms with van der Waals surface area (Å²) in [4.78, 5) is 13.6. The van der Waals surface area contributed by atoms with Crippen LogP contribution in [0.4, 0.5) is 5.69 Å². The monoisotopic (exact) mass is 234 g/mol. The van der Waals surface area contributed by atoms with Crippen molar-refractivity contribution in [2.45, 2.75) is 18.9 Å². The summed E-state index contributed by atoms with van der Waals surface area (Å²) in [5.74, 6) is -0.299. The highest BCUT2D eigenvalue weighted by atomic mass is 16.5. The molecule has 1 fully saturated rings. The average molecular weight is 234 g/mol. The molecule has 4 nitrogen and oxygen atoms in total. The first-order chi connectivity index (χ1) is 8.20. The van der Waals surface area contributed by atoms with Crippen LogP contribution in [0.3, 0.4) is 0 Å². The number of benzene rings is 1. The Morgan fingerprint density at radius 3 is 2.71 bits per heavy atom. The molecular weight excluding hydrogens is 216 g/mol. The van der Waals surface area contributed by atoms with Gasteiger partial charge in [0, 0.05) is 24.8 Å². The predicted octanol–water partition coefficient (Wildman–Crippen LogP) is 1.40. The number of esters is 1. The molecule has 0 saturated carbocycles. The molecule has 0 radical (unpaired) electrons. The number of hydrogen-bond donors (Lipinski definition) is 1. The Morgan fingerprint density at radius 1 is 1.41 bits per heavy atom. The third kappa shape index (κ3) is 2.77. The Labute approximate surface area is 101 Å². The van der Waals surface area contributed by atoms with Crippen molar-refractivity contribution in [3.05, 3.63) is 29.8 Å². The van der Waals surface area contributed by atoms with Gasteiger partial charge in [-0.2, -0.15) is 0 Å². The second kappa shape index (κ2) is 5.19. The fourth-order valence-corrected chi connectivity index (χ4v) is 2.17. The Kier molecular flexibility index (Phi) is 3.64. The molecule has 2 N–H and O–H groups in total. The molecule has 17 heavy (non-hydrogen) atoms. The van der Waals surface area contributed by atoms with Gasteiger partial charge in [-0.05, 0) is 37.1 Å². The van der Waals surface area contributed by atoms with Crippen molar-refractivity contribution in [1.82, 2.24) is 0 Å². The third-order valence-corrected chi connectivity index (χ3v) is 3.11. The molecule has 1 saturated heterocycles. The lowest BCUT2D eigenvalue weighted by Gasteiger charge is -2.32. The van der Waals surface area contributed by atoms with Crippen LogP contribution in [0.1, 0.15) is 23.2 Å². The van der Waals surface area contributed by atoms with Gasteiger partial charge in [0.1, 0.15) is 0 Å². The van der Waals surface area contributed by atoms with Crippen molar-refractivity contribution in [2.24, 2.45) is 5.73 Å². The van der Waals surface area contributed by atoms with Crippen molar-refractivity contribution in [3.8, 4) is 0 Å². The fraction of sp³-hybridized carbons (Fsp3) is 0.462. The van der Waals surface area contributed by atoms with Crippen LogP contribution in [-0.4, -0.2) is 32.2 Å². The molecule has 0 aliphatic carbocycles. The SMILES string of the molecule is COC(=O)c1ccc(N2CCC[C@H](N)C2)cc1. The first-order valence-electron chi connectivity index (χ1n) is 5.89. The van der Waals surface area contributed by atoms with Gasteiger partial charge in [0.05, 0.1) is 12.7 Å². The molecule has 1 aromatic carbocycles. The van der Waals surface area contributed by atoms with E-state index in [0.717, 1.165) is 31.6 Å². The second-order valence-corrected chi connectivity index (χ2v) is 4.39. The van der Waals surface area contributed by atoms with E-state index in [4.69, 9.17) is 5.73 Å². The molecule has 0 spiro atoms. The Balaban J connectivity index is 2.09. The van der Waals surface area contributed by atoms with Gasteiger partial charge in [0.2, 0.25) is 0 Å². The Bertz CT molecular complexity index is 389. The molecule has 1 heterocycles. The number of nitrogens with zero attached hydrogens (tertiary/aromatic N) is 1. The van der Waals surface area contributed by atoms with E-state index >= 15 is 0 Å². The second-order valence-electron chi connectivity index (χ2n) is 4.39. The van der Waals surface area contributed by atoms with Crippen LogP contribution in [0, 0.1) is 0 Å². The quantitative estimate of drug-likeness (QED) is 0.786. The summed E-state index contributed by atoms with van der Waals surface area (Å²) in [6, 6.07) is 7.74. The molecule has 0 unspecified atom stereocenters. The lowest BCUT2D eigenvalue weighted by atomic mass is 10.1. The first kappa shape index (κ1) is 11.9. The largest absolute Gasteiger partial charge is 0.465 e. The number of methoxy groups -OCH3 is 1. The Hall–Kier alpha value is -1.55. The molecule has 2 rings (SSSR count).